The highest BCUT2D eigenvalue weighted by atomic mass is 35.5. The van der Waals surface area contributed by atoms with E-state index in [0.717, 1.165) is 22.2 Å². The van der Waals surface area contributed by atoms with E-state index in [-0.39, 0.29) is 18.4 Å². The van der Waals surface area contributed by atoms with E-state index in [1.807, 2.05) is 24.3 Å². The van der Waals surface area contributed by atoms with Gasteiger partial charge in [-0.3, -0.25) is 14.6 Å². The van der Waals surface area contributed by atoms with Gasteiger partial charge in [0.05, 0.1) is 13.2 Å². The van der Waals surface area contributed by atoms with Gasteiger partial charge in [0.1, 0.15) is 6.04 Å². The lowest BCUT2D eigenvalue weighted by atomic mass is 10.1. The first-order valence-corrected chi connectivity index (χ1v) is 10.4. The summed E-state index contributed by atoms with van der Waals surface area (Å²) in [6.45, 7) is 1.47. The molecule has 1 unspecified atom stereocenters. The van der Waals surface area contributed by atoms with Gasteiger partial charge < -0.3 is 19.5 Å². The Morgan fingerprint density at radius 2 is 2.10 bits per heavy atom. The fourth-order valence-corrected chi connectivity index (χ4v) is 3.86. The minimum atomic E-state index is -0.660. The van der Waals surface area contributed by atoms with Gasteiger partial charge in [0.25, 0.3) is 0 Å². The zero-order valence-electron chi connectivity index (χ0n) is 17.1. The molecule has 1 atom stereocenters. The number of H-pyrrole nitrogens is 1. The number of hydrogen-bond donors (Lipinski definition) is 1. The first kappa shape index (κ1) is 21.1. The zero-order chi connectivity index (χ0) is 21.8. The Labute approximate surface area is 185 Å². The minimum Gasteiger partial charge on any atom is -0.382 e. The molecular formula is C23H23ClN4O3. The fraction of sp³-hybridized carbons (Fsp3) is 0.261. The van der Waals surface area contributed by atoms with Crippen LogP contribution >= 0.6 is 11.6 Å². The number of ether oxygens (including phenoxy) is 1. The van der Waals surface area contributed by atoms with Crippen LogP contribution in [0.15, 0.2) is 54.9 Å². The number of methoxy groups -OCH3 is 1. The molecule has 1 aliphatic rings. The summed E-state index contributed by atoms with van der Waals surface area (Å²) < 4.78 is 5.26. The van der Waals surface area contributed by atoms with E-state index >= 15 is 0 Å². The van der Waals surface area contributed by atoms with Crippen molar-refractivity contribution >= 4 is 40.4 Å². The van der Waals surface area contributed by atoms with Gasteiger partial charge >= 0.3 is 0 Å². The average Bonchev–Trinajstić information content (AvgIpc) is 3.18. The summed E-state index contributed by atoms with van der Waals surface area (Å²) in [6.07, 6.45) is 6.72. The number of aromatic amines is 1. The maximum absolute atomic E-state index is 13.1. The smallest absolute Gasteiger partial charge is 0.248 e. The average molecular weight is 439 g/mol. The van der Waals surface area contributed by atoms with Crippen molar-refractivity contribution in [2.45, 2.75) is 12.6 Å². The van der Waals surface area contributed by atoms with Crippen LogP contribution in [-0.2, 0) is 20.9 Å². The number of hydrogen-bond acceptors (Lipinski definition) is 4. The van der Waals surface area contributed by atoms with Crippen LogP contribution in [-0.4, -0.2) is 64.4 Å². The second-order valence-corrected chi connectivity index (χ2v) is 7.84. The van der Waals surface area contributed by atoms with E-state index < -0.39 is 6.04 Å². The molecule has 0 saturated carbocycles. The van der Waals surface area contributed by atoms with Crippen molar-refractivity contribution in [3.63, 3.8) is 0 Å². The number of pyridine rings is 1. The van der Waals surface area contributed by atoms with Gasteiger partial charge in [-0.25, -0.2) is 0 Å². The van der Waals surface area contributed by atoms with Gasteiger partial charge in [-0.2, -0.15) is 0 Å². The number of aromatic nitrogens is 2. The zero-order valence-corrected chi connectivity index (χ0v) is 17.9. The molecule has 0 radical (unpaired) electrons. The molecule has 1 N–H and O–H groups in total. The fourth-order valence-electron chi connectivity index (χ4n) is 3.74. The molecule has 4 rings (SSSR count). The number of piperazine rings is 1. The van der Waals surface area contributed by atoms with Crippen LogP contribution in [0.5, 0.6) is 0 Å². The van der Waals surface area contributed by atoms with Crippen molar-refractivity contribution in [1.29, 1.82) is 0 Å². The molecule has 2 amide bonds. The largest absolute Gasteiger partial charge is 0.382 e. The molecule has 8 heteroatoms. The predicted molar refractivity (Wildman–Crippen MR) is 119 cm³/mol. The lowest BCUT2D eigenvalue weighted by Crippen LogP contribution is -2.59. The maximum atomic E-state index is 13.1. The molecular weight excluding hydrogens is 416 g/mol. The molecule has 0 aliphatic carbocycles. The number of fused-ring (bicyclic) bond motifs is 1. The highest BCUT2D eigenvalue weighted by Gasteiger charge is 2.36. The van der Waals surface area contributed by atoms with E-state index in [9.17, 15) is 9.59 Å². The topological polar surface area (TPSA) is 78.5 Å². The van der Waals surface area contributed by atoms with Gasteiger partial charge in [-0.05, 0) is 35.9 Å². The first-order valence-electron chi connectivity index (χ1n) is 9.99. The van der Waals surface area contributed by atoms with Gasteiger partial charge in [0.15, 0.2) is 0 Å². The lowest BCUT2D eigenvalue weighted by Gasteiger charge is -2.39. The van der Waals surface area contributed by atoms with Crippen LogP contribution in [0.4, 0.5) is 0 Å². The SMILES string of the molecule is COCC1C(=O)N(Cc2cc3cnccc3[nH]2)CCN1C(=O)/C=C/c1ccc(Cl)cc1. The Balaban J connectivity index is 1.46. The summed E-state index contributed by atoms with van der Waals surface area (Å²) in [5.41, 5.74) is 2.77. The van der Waals surface area contributed by atoms with Crippen LogP contribution in [0.25, 0.3) is 17.0 Å². The van der Waals surface area contributed by atoms with Gasteiger partial charge in [-0.15, -0.1) is 0 Å². The first-order chi connectivity index (χ1) is 15.0. The molecule has 0 bridgehead atoms. The molecule has 0 spiro atoms. The Bertz CT molecular complexity index is 1080. The third kappa shape index (κ3) is 4.78. The van der Waals surface area contributed by atoms with E-state index in [4.69, 9.17) is 16.3 Å². The van der Waals surface area contributed by atoms with E-state index in [2.05, 4.69) is 9.97 Å². The maximum Gasteiger partial charge on any atom is 0.248 e. The third-order valence-corrected chi connectivity index (χ3v) is 5.57. The van der Waals surface area contributed by atoms with E-state index in [1.165, 1.54) is 13.2 Å². The van der Waals surface area contributed by atoms with Crippen molar-refractivity contribution in [2.75, 3.05) is 26.8 Å². The Morgan fingerprint density at radius 1 is 1.29 bits per heavy atom. The Hall–Kier alpha value is -3.16. The van der Waals surface area contributed by atoms with Crippen LogP contribution in [0.3, 0.4) is 0 Å². The minimum absolute atomic E-state index is 0.127. The highest BCUT2D eigenvalue weighted by Crippen LogP contribution is 2.19. The third-order valence-electron chi connectivity index (χ3n) is 5.32. The number of carbonyl (C=O) groups is 2. The summed E-state index contributed by atoms with van der Waals surface area (Å²) in [5.74, 6) is -0.347. The standard InChI is InChI=1S/C23H23ClN4O3/c1-31-15-21-23(30)27(14-19-12-17-13-25-9-8-20(17)26-19)10-11-28(21)22(29)7-4-16-2-5-18(24)6-3-16/h2-9,12-13,21,26H,10-11,14-15H2,1H3/b7-4+. The summed E-state index contributed by atoms with van der Waals surface area (Å²) in [6, 6.07) is 10.4. The van der Waals surface area contributed by atoms with Crippen molar-refractivity contribution < 1.29 is 14.3 Å². The molecule has 3 heterocycles. The van der Waals surface area contributed by atoms with Crippen molar-refractivity contribution in [3.8, 4) is 0 Å². The Morgan fingerprint density at radius 3 is 2.84 bits per heavy atom. The quantitative estimate of drug-likeness (QED) is 0.600. The second kappa shape index (κ2) is 9.32. The number of halogens is 1. The number of nitrogens with one attached hydrogen (secondary N) is 1. The van der Waals surface area contributed by atoms with Crippen LogP contribution in [0, 0.1) is 0 Å². The molecule has 1 aromatic carbocycles. The van der Waals surface area contributed by atoms with Crippen molar-refractivity contribution in [2.24, 2.45) is 0 Å². The summed E-state index contributed by atoms with van der Waals surface area (Å²) in [5, 5.41) is 1.64. The monoisotopic (exact) mass is 438 g/mol. The summed E-state index contributed by atoms with van der Waals surface area (Å²) in [4.78, 5) is 36.7. The number of carbonyl (C=O) groups excluding carboxylic acids is 2. The van der Waals surface area contributed by atoms with Gasteiger partial charge in [0, 0.05) is 60.3 Å². The van der Waals surface area contributed by atoms with Crippen molar-refractivity contribution in [1.82, 2.24) is 19.8 Å². The molecule has 160 valence electrons. The molecule has 31 heavy (non-hydrogen) atoms. The predicted octanol–water partition coefficient (Wildman–Crippen LogP) is 3.12. The van der Waals surface area contributed by atoms with Gasteiger partial charge in [-0.1, -0.05) is 23.7 Å². The number of nitrogens with zero attached hydrogens (tertiary/aromatic N) is 3. The van der Waals surface area contributed by atoms with Crippen molar-refractivity contribution in [3.05, 3.63) is 71.1 Å². The van der Waals surface area contributed by atoms with Crippen LogP contribution < -0.4 is 0 Å². The van der Waals surface area contributed by atoms with Crippen LogP contribution in [0.2, 0.25) is 5.02 Å². The summed E-state index contributed by atoms with van der Waals surface area (Å²) >= 11 is 5.90. The number of benzene rings is 1. The highest BCUT2D eigenvalue weighted by molar-refractivity contribution is 6.30. The molecule has 1 fully saturated rings. The van der Waals surface area contributed by atoms with Gasteiger partial charge in [0.2, 0.25) is 11.8 Å². The van der Waals surface area contributed by atoms with E-state index in [0.29, 0.717) is 24.7 Å². The molecule has 1 saturated heterocycles. The molecule has 2 aromatic heterocycles. The second-order valence-electron chi connectivity index (χ2n) is 7.40. The lowest BCUT2D eigenvalue weighted by molar-refractivity contribution is -0.152. The van der Waals surface area contributed by atoms with Crippen LogP contribution in [0.1, 0.15) is 11.3 Å². The summed E-state index contributed by atoms with van der Waals surface area (Å²) in [7, 11) is 1.53. The molecule has 7 nitrogen and oxygen atoms in total. The molecule has 1 aliphatic heterocycles. The number of amides is 2. The normalized spacial score (nSPS) is 17.1. The number of rotatable bonds is 6. The van der Waals surface area contributed by atoms with E-state index in [1.54, 1.807) is 40.4 Å². The Kier molecular flexibility index (Phi) is 6.34. The molecule has 3 aromatic rings.